The second-order valence-corrected chi connectivity index (χ2v) is 4.11. The fourth-order valence-electron chi connectivity index (χ4n) is 1.69. The van der Waals surface area contributed by atoms with E-state index in [1.807, 2.05) is 26.0 Å². The van der Waals surface area contributed by atoms with Crippen LogP contribution in [0, 0.1) is 0 Å². The average molecular weight is 303 g/mol. The van der Waals surface area contributed by atoms with Crippen molar-refractivity contribution in [2.75, 3.05) is 18.6 Å². The number of nitrogens with one attached hydrogen (secondary N) is 2. The summed E-state index contributed by atoms with van der Waals surface area (Å²) in [5.41, 5.74) is 2.86. The van der Waals surface area contributed by atoms with E-state index in [2.05, 4.69) is 25.7 Å². The highest BCUT2D eigenvalue weighted by molar-refractivity contribution is 5.84. The zero-order valence-corrected chi connectivity index (χ0v) is 12.4. The van der Waals surface area contributed by atoms with E-state index in [1.54, 1.807) is 12.3 Å². The zero-order valence-electron chi connectivity index (χ0n) is 12.4. The minimum Gasteiger partial charge on any atom is -0.494 e. The van der Waals surface area contributed by atoms with Crippen molar-refractivity contribution in [2.24, 2.45) is 5.10 Å². The molecule has 8 nitrogen and oxygen atoms in total. The van der Waals surface area contributed by atoms with Crippen LogP contribution in [-0.4, -0.2) is 34.6 Å². The third kappa shape index (κ3) is 4.30. The van der Waals surface area contributed by atoms with Crippen LogP contribution >= 0.6 is 0 Å². The van der Waals surface area contributed by atoms with Crippen LogP contribution in [0.15, 0.2) is 34.3 Å². The highest BCUT2D eigenvalue weighted by Crippen LogP contribution is 2.24. The Balaban J connectivity index is 2.13. The van der Waals surface area contributed by atoms with Crippen LogP contribution in [-0.2, 0) is 0 Å². The first-order valence-electron chi connectivity index (χ1n) is 6.83. The summed E-state index contributed by atoms with van der Waals surface area (Å²) in [6.45, 7) is 4.94. The van der Waals surface area contributed by atoms with Crippen LogP contribution < -0.4 is 20.6 Å². The lowest BCUT2D eigenvalue weighted by Gasteiger charge is -2.09. The van der Waals surface area contributed by atoms with Gasteiger partial charge in [0.1, 0.15) is 11.5 Å². The number of benzene rings is 1. The maximum absolute atomic E-state index is 11.0. The number of hydrogen-bond acceptors (Lipinski definition) is 7. The number of rotatable bonds is 7. The fraction of sp³-hybridized carbons (Fsp3) is 0.286. The minimum absolute atomic E-state index is 0.254. The van der Waals surface area contributed by atoms with Gasteiger partial charge < -0.3 is 9.47 Å². The van der Waals surface area contributed by atoms with Gasteiger partial charge in [0, 0.05) is 11.6 Å². The molecule has 116 valence electrons. The van der Waals surface area contributed by atoms with E-state index in [1.165, 1.54) is 6.20 Å². The maximum Gasteiger partial charge on any atom is 0.363 e. The lowest BCUT2D eigenvalue weighted by atomic mass is 10.2. The number of nitrogens with zero attached hydrogens (tertiary/aromatic N) is 3. The van der Waals surface area contributed by atoms with Crippen LogP contribution in [0.1, 0.15) is 19.4 Å². The molecule has 1 heterocycles. The molecule has 0 amide bonds. The summed E-state index contributed by atoms with van der Waals surface area (Å²) in [4.78, 5) is 14.7. The molecular weight excluding hydrogens is 286 g/mol. The SMILES string of the molecule is CCOc1ccc(/C=N/Nc2cn[nH]c(=O)n2)c(OCC)c1. The number of hydrogen-bond donors (Lipinski definition) is 2. The Morgan fingerprint density at radius 1 is 1.32 bits per heavy atom. The first-order valence-corrected chi connectivity index (χ1v) is 6.83. The van der Waals surface area contributed by atoms with Crippen LogP contribution in [0.4, 0.5) is 5.82 Å². The standard InChI is InChI=1S/C14H17N5O3/c1-3-21-11-6-5-10(12(7-11)22-4-2)8-15-18-13-9-16-19-14(20)17-13/h5-9H,3-4H2,1-2H3,(H2,17,18,19,20)/b15-8+. The smallest absolute Gasteiger partial charge is 0.363 e. The highest BCUT2D eigenvalue weighted by atomic mass is 16.5. The van der Waals surface area contributed by atoms with E-state index in [0.29, 0.717) is 19.0 Å². The summed E-state index contributed by atoms with van der Waals surface area (Å²) in [6.07, 6.45) is 2.93. The molecule has 2 rings (SSSR count). The molecule has 0 saturated carbocycles. The topological polar surface area (TPSA) is 101 Å². The van der Waals surface area contributed by atoms with Gasteiger partial charge in [0.25, 0.3) is 0 Å². The number of H-pyrrole nitrogens is 1. The van der Waals surface area contributed by atoms with Gasteiger partial charge in [-0.1, -0.05) is 0 Å². The number of ether oxygens (including phenoxy) is 2. The summed E-state index contributed by atoms with van der Waals surface area (Å²) in [6, 6.07) is 5.48. The lowest BCUT2D eigenvalue weighted by molar-refractivity contribution is 0.323. The summed E-state index contributed by atoms with van der Waals surface area (Å²) in [5, 5.41) is 9.81. The quantitative estimate of drug-likeness (QED) is 0.592. The summed E-state index contributed by atoms with van der Waals surface area (Å²) >= 11 is 0. The Bertz CT molecular complexity index is 699. The Hall–Kier alpha value is -2.90. The monoisotopic (exact) mass is 303 g/mol. The van der Waals surface area contributed by atoms with Crippen LogP contribution in [0.3, 0.4) is 0 Å². The van der Waals surface area contributed by atoms with Crippen LogP contribution in [0.2, 0.25) is 0 Å². The van der Waals surface area contributed by atoms with E-state index < -0.39 is 5.69 Å². The van der Waals surface area contributed by atoms with Gasteiger partial charge in [-0.3, -0.25) is 5.43 Å². The average Bonchev–Trinajstić information content (AvgIpc) is 2.50. The third-order valence-corrected chi connectivity index (χ3v) is 2.55. The zero-order chi connectivity index (χ0) is 15.8. The Kier molecular flexibility index (Phi) is 5.47. The van der Waals surface area contributed by atoms with Crippen molar-refractivity contribution in [2.45, 2.75) is 13.8 Å². The van der Waals surface area contributed by atoms with E-state index in [9.17, 15) is 4.79 Å². The first kappa shape index (κ1) is 15.5. The molecule has 0 aliphatic rings. The number of hydrazone groups is 1. The van der Waals surface area contributed by atoms with Crippen molar-refractivity contribution in [1.82, 2.24) is 15.2 Å². The van der Waals surface area contributed by atoms with Gasteiger partial charge in [-0.25, -0.2) is 9.89 Å². The van der Waals surface area contributed by atoms with E-state index in [0.717, 1.165) is 11.3 Å². The number of aromatic nitrogens is 3. The van der Waals surface area contributed by atoms with Gasteiger partial charge in [0.2, 0.25) is 0 Å². The van der Waals surface area contributed by atoms with E-state index >= 15 is 0 Å². The molecule has 0 spiro atoms. The van der Waals surface area contributed by atoms with Crippen molar-refractivity contribution in [3.63, 3.8) is 0 Å². The van der Waals surface area contributed by atoms with Gasteiger partial charge >= 0.3 is 5.69 Å². The van der Waals surface area contributed by atoms with Crippen molar-refractivity contribution < 1.29 is 9.47 Å². The van der Waals surface area contributed by atoms with Crippen molar-refractivity contribution in [1.29, 1.82) is 0 Å². The van der Waals surface area contributed by atoms with E-state index in [-0.39, 0.29) is 5.82 Å². The summed E-state index contributed by atoms with van der Waals surface area (Å²) < 4.78 is 11.0. The second kappa shape index (κ2) is 7.77. The third-order valence-electron chi connectivity index (χ3n) is 2.55. The molecule has 0 saturated heterocycles. The van der Waals surface area contributed by atoms with Crippen molar-refractivity contribution in [3.05, 3.63) is 40.4 Å². The second-order valence-electron chi connectivity index (χ2n) is 4.11. The molecule has 8 heteroatoms. The van der Waals surface area contributed by atoms with Gasteiger partial charge in [-0.15, -0.1) is 0 Å². The molecular formula is C14H17N5O3. The molecule has 1 aromatic heterocycles. The minimum atomic E-state index is -0.545. The van der Waals surface area contributed by atoms with Gasteiger partial charge in [0.05, 0.1) is 25.6 Å². The Morgan fingerprint density at radius 2 is 2.14 bits per heavy atom. The molecule has 0 radical (unpaired) electrons. The largest absolute Gasteiger partial charge is 0.494 e. The predicted octanol–water partition coefficient (Wildman–Crippen LogP) is 1.41. The Labute approximate surface area is 127 Å². The van der Waals surface area contributed by atoms with Gasteiger partial charge in [0.15, 0.2) is 5.82 Å². The van der Waals surface area contributed by atoms with E-state index in [4.69, 9.17) is 9.47 Å². The molecule has 1 aromatic carbocycles. The Morgan fingerprint density at radius 3 is 2.86 bits per heavy atom. The van der Waals surface area contributed by atoms with Gasteiger partial charge in [-0.2, -0.15) is 15.2 Å². The molecule has 0 aliphatic heterocycles. The normalized spacial score (nSPS) is 10.6. The summed E-state index contributed by atoms with van der Waals surface area (Å²) in [5.74, 6) is 1.65. The predicted molar refractivity (Wildman–Crippen MR) is 82.6 cm³/mol. The van der Waals surface area contributed by atoms with Crippen LogP contribution in [0.25, 0.3) is 0 Å². The molecule has 2 N–H and O–H groups in total. The molecule has 0 atom stereocenters. The fourth-order valence-corrected chi connectivity index (χ4v) is 1.69. The lowest BCUT2D eigenvalue weighted by Crippen LogP contribution is -2.13. The number of anilines is 1. The molecule has 0 aliphatic carbocycles. The highest BCUT2D eigenvalue weighted by Gasteiger charge is 2.04. The first-order chi connectivity index (χ1) is 10.7. The molecule has 2 aromatic rings. The molecule has 0 unspecified atom stereocenters. The molecule has 0 bridgehead atoms. The van der Waals surface area contributed by atoms with Crippen LogP contribution in [0.5, 0.6) is 11.5 Å². The molecule has 22 heavy (non-hydrogen) atoms. The van der Waals surface area contributed by atoms with Crippen molar-refractivity contribution >= 4 is 12.0 Å². The summed E-state index contributed by atoms with van der Waals surface area (Å²) in [7, 11) is 0. The van der Waals surface area contributed by atoms with Gasteiger partial charge in [-0.05, 0) is 26.0 Å². The number of aromatic amines is 1. The maximum atomic E-state index is 11.0. The van der Waals surface area contributed by atoms with Crippen molar-refractivity contribution in [3.8, 4) is 11.5 Å². The molecule has 0 fully saturated rings.